The number of carbonyl (C=O) groups is 1. The van der Waals surface area contributed by atoms with E-state index in [0.717, 1.165) is 75.7 Å². The van der Waals surface area contributed by atoms with E-state index in [0.29, 0.717) is 6.54 Å². The van der Waals surface area contributed by atoms with Crippen molar-refractivity contribution in [2.45, 2.75) is 38.0 Å². The molecule has 0 aliphatic carbocycles. The number of anilines is 1. The molecule has 3 aliphatic rings. The largest absolute Gasteiger partial charge is 0.381 e. The highest BCUT2D eigenvalue weighted by Crippen LogP contribution is 2.47. The topological polar surface area (TPSA) is 32.8 Å². The molecule has 0 saturated carbocycles. The van der Waals surface area contributed by atoms with E-state index >= 15 is 0 Å². The molecule has 4 rings (SSSR count). The Morgan fingerprint density at radius 3 is 2.68 bits per heavy atom. The number of rotatable bonds is 2. The number of ether oxygens (including phenoxy) is 1. The lowest BCUT2D eigenvalue weighted by Gasteiger charge is -2.41. The van der Waals surface area contributed by atoms with Crippen LogP contribution in [0, 0.1) is 11.7 Å². The number of benzene rings is 1. The van der Waals surface area contributed by atoms with Gasteiger partial charge in [0.25, 0.3) is 0 Å². The van der Waals surface area contributed by atoms with Gasteiger partial charge in [-0.05, 0) is 68.5 Å². The highest BCUT2D eigenvalue weighted by atomic mass is 19.1. The zero-order chi connectivity index (χ0) is 17.4. The molecule has 5 heteroatoms. The zero-order valence-electron chi connectivity index (χ0n) is 15.0. The molecule has 0 N–H and O–H groups in total. The van der Waals surface area contributed by atoms with E-state index in [1.165, 1.54) is 6.07 Å². The van der Waals surface area contributed by atoms with Crippen LogP contribution in [0.1, 0.15) is 38.2 Å². The molecule has 0 aromatic heterocycles. The van der Waals surface area contributed by atoms with Crippen molar-refractivity contribution >= 4 is 11.6 Å². The second kappa shape index (κ2) is 6.69. The maximum Gasteiger partial charge on any atom is 0.223 e. The molecule has 1 aromatic carbocycles. The molecule has 2 fully saturated rings. The number of halogens is 1. The first-order valence-electron chi connectivity index (χ1n) is 9.46. The van der Waals surface area contributed by atoms with E-state index in [1.807, 2.05) is 4.90 Å². The maximum atomic E-state index is 13.9. The molecule has 0 atom stereocenters. The van der Waals surface area contributed by atoms with Crippen molar-refractivity contribution in [3.05, 3.63) is 29.6 Å². The van der Waals surface area contributed by atoms with E-state index in [9.17, 15) is 9.18 Å². The van der Waals surface area contributed by atoms with Crippen molar-refractivity contribution in [3.8, 4) is 0 Å². The summed E-state index contributed by atoms with van der Waals surface area (Å²) in [6, 6.07) is 4.90. The highest BCUT2D eigenvalue weighted by Gasteiger charge is 2.46. The van der Waals surface area contributed by atoms with E-state index in [2.05, 4.69) is 4.90 Å². The van der Waals surface area contributed by atoms with Crippen molar-refractivity contribution in [1.82, 2.24) is 4.90 Å². The fourth-order valence-corrected chi connectivity index (χ4v) is 4.81. The summed E-state index contributed by atoms with van der Waals surface area (Å²) >= 11 is 0. The summed E-state index contributed by atoms with van der Waals surface area (Å²) in [5.74, 6) is 0.590. The van der Waals surface area contributed by atoms with Crippen molar-refractivity contribution < 1.29 is 13.9 Å². The lowest BCUT2D eigenvalue weighted by molar-refractivity contribution is -0.116. The van der Waals surface area contributed by atoms with Crippen LogP contribution in [-0.4, -0.2) is 50.2 Å². The predicted octanol–water partition coefficient (Wildman–Crippen LogP) is 2.95. The van der Waals surface area contributed by atoms with Crippen LogP contribution in [0.15, 0.2) is 18.2 Å². The third-order valence-electron chi connectivity index (χ3n) is 6.33. The molecule has 0 radical (unpaired) electrons. The quantitative estimate of drug-likeness (QED) is 0.825. The van der Waals surface area contributed by atoms with Crippen LogP contribution in [0.4, 0.5) is 10.1 Å². The number of hydrogen-bond acceptors (Lipinski definition) is 3. The van der Waals surface area contributed by atoms with Gasteiger partial charge in [-0.3, -0.25) is 4.79 Å². The molecular weight excluding hydrogens is 319 g/mol. The Morgan fingerprint density at radius 1 is 1.28 bits per heavy atom. The molecule has 3 heterocycles. The van der Waals surface area contributed by atoms with E-state index in [-0.39, 0.29) is 17.1 Å². The van der Waals surface area contributed by atoms with Crippen molar-refractivity contribution in [2.75, 3.05) is 44.3 Å². The lowest BCUT2D eigenvalue weighted by Crippen LogP contribution is -2.47. The normalized spacial score (nSPS) is 23.8. The molecular formula is C20H27FN2O2. The van der Waals surface area contributed by atoms with Crippen molar-refractivity contribution in [1.29, 1.82) is 0 Å². The van der Waals surface area contributed by atoms with Gasteiger partial charge in [-0.1, -0.05) is 0 Å². The Morgan fingerprint density at radius 2 is 2.00 bits per heavy atom. The Kier molecular flexibility index (Phi) is 4.54. The average molecular weight is 346 g/mol. The molecule has 1 aromatic rings. The minimum atomic E-state index is -0.201. The molecule has 0 bridgehead atoms. The standard InChI is InChI=1S/C20H27FN2O2/c1-15(24)23-14-20(18-12-17(21)2-3-19(18)23)6-8-22(9-7-20)13-16-4-10-25-11-5-16/h2-3,12,16H,4-11,13-14H2,1H3. The first-order chi connectivity index (χ1) is 12.1. The van der Waals surface area contributed by atoms with Gasteiger partial charge in [-0.25, -0.2) is 4.39 Å². The Balaban J connectivity index is 1.48. The van der Waals surface area contributed by atoms with Gasteiger partial charge < -0.3 is 14.5 Å². The molecule has 0 unspecified atom stereocenters. The summed E-state index contributed by atoms with van der Waals surface area (Å²) in [5.41, 5.74) is 1.87. The van der Waals surface area contributed by atoms with Crippen LogP contribution in [0.3, 0.4) is 0 Å². The summed E-state index contributed by atoms with van der Waals surface area (Å²) in [6.45, 7) is 7.29. The number of nitrogens with zero attached hydrogens (tertiary/aromatic N) is 2. The van der Waals surface area contributed by atoms with Gasteiger partial charge in [0, 0.05) is 44.3 Å². The van der Waals surface area contributed by atoms with Crippen LogP contribution in [0.5, 0.6) is 0 Å². The monoisotopic (exact) mass is 346 g/mol. The summed E-state index contributed by atoms with van der Waals surface area (Å²) in [5, 5.41) is 0. The summed E-state index contributed by atoms with van der Waals surface area (Å²) in [6.07, 6.45) is 4.31. The summed E-state index contributed by atoms with van der Waals surface area (Å²) in [7, 11) is 0. The van der Waals surface area contributed by atoms with Gasteiger partial charge in [0.15, 0.2) is 0 Å². The molecule has 4 nitrogen and oxygen atoms in total. The predicted molar refractivity (Wildman–Crippen MR) is 95.3 cm³/mol. The van der Waals surface area contributed by atoms with E-state index in [4.69, 9.17) is 4.74 Å². The maximum absolute atomic E-state index is 13.9. The van der Waals surface area contributed by atoms with Gasteiger partial charge in [-0.15, -0.1) is 0 Å². The number of amides is 1. The molecule has 1 amide bonds. The van der Waals surface area contributed by atoms with Crippen LogP contribution < -0.4 is 4.90 Å². The second-order valence-corrected chi connectivity index (χ2v) is 7.90. The first-order valence-corrected chi connectivity index (χ1v) is 9.46. The fraction of sp³-hybridized carbons (Fsp3) is 0.650. The molecule has 25 heavy (non-hydrogen) atoms. The average Bonchev–Trinajstić information content (AvgIpc) is 2.92. The number of likely N-dealkylation sites (tertiary alicyclic amines) is 1. The Hall–Kier alpha value is -1.46. The lowest BCUT2D eigenvalue weighted by atomic mass is 9.74. The van der Waals surface area contributed by atoms with Crippen molar-refractivity contribution in [2.24, 2.45) is 5.92 Å². The fourth-order valence-electron chi connectivity index (χ4n) is 4.81. The van der Waals surface area contributed by atoms with Crippen LogP contribution >= 0.6 is 0 Å². The Bertz CT molecular complexity index is 649. The second-order valence-electron chi connectivity index (χ2n) is 7.90. The van der Waals surface area contributed by atoms with E-state index < -0.39 is 0 Å². The Labute approximate surface area is 148 Å². The number of fused-ring (bicyclic) bond motifs is 2. The molecule has 136 valence electrons. The highest BCUT2D eigenvalue weighted by molar-refractivity contribution is 5.94. The van der Waals surface area contributed by atoms with Gasteiger partial charge in [0.1, 0.15) is 5.82 Å². The number of hydrogen-bond donors (Lipinski definition) is 0. The van der Waals surface area contributed by atoms with Crippen LogP contribution in [0.2, 0.25) is 0 Å². The third-order valence-corrected chi connectivity index (χ3v) is 6.33. The first kappa shape index (κ1) is 17.0. The van der Waals surface area contributed by atoms with Crippen molar-refractivity contribution in [3.63, 3.8) is 0 Å². The number of piperidine rings is 1. The molecule has 2 saturated heterocycles. The zero-order valence-corrected chi connectivity index (χ0v) is 15.0. The van der Waals surface area contributed by atoms with Gasteiger partial charge in [0.05, 0.1) is 0 Å². The minimum Gasteiger partial charge on any atom is -0.381 e. The van der Waals surface area contributed by atoms with Gasteiger partial charge in [-0.2, -0.15) is 0 Å². The molecule has 1 spiro atoms. The summed E-state index contributed by atoms with van der Waals surface area (Å²) in [4.78, 5) is 16.4. The van der Waals surface area contributed by atoms with Crippen LogP contribution in [0.25, 0.3) is 0 Å². The van der Waals surface area contributed by atoms with Crippen LogP contribution in [-0.2, 0) is 14.9 Å². The number of carbonyl (C=O) groups excluding carboxylic acids is 1. The van der Waals surface area contributed by atoms with E-state index in [1.54, 1.807) is 19.1 Å². The SMILES string of the molecule is CC(=O)N1CC2(CCN(CC3CCOCC3)CC2)c2cc(F)ccc21. The third kappa shape index (κ3) is 3.20. The summed E-state index contributed by atoms with van der Waals surface area (Å²) < 4.78 is 19.3. The smallest absolute Gasteiger partial charge is 0.223 e. The van der Waals surface area contributed by atoms with Gasteiger partial charge in [0.2, 0.25) is 5.91 Å². The molecule has 3 aliphatic heterocycles. The minimum absolute atomic E-state index is 0.0503. The van der Waals surface area contributed by atoms with Gasteiger partial charge >= 0.3 is 0 Å².